The van der Waals surface area contributed by atoms with Gasteiger partial charge in [-0.25, -0.2) is 0 Å². The number of rotatable bonds is 4. The minimum absolute atomic E-state index is 0.0887. The van der Waals surface area contributed by atoms with Gasteiger partial charge < -0.3 is 10.2 Å². The summed E-state index contributed by atoms with van der Waals surface area (Å²) in [6.45, 7) is -0.404. The standard InChI is InChI=1S/C14H13F5N2O2/c15-12(16)13(23)20-9-5-11(22)21(7-9)6-8-3-1-2-4-10(8)14(17,18)19/h1-4,9,12H,5-7H2,(H,20,23). The van der Waals surface area contributed by atoms with Crippen LogP contribution in [0.15, 0.2) is 24.3 Å². The fraction of sp³-hybridized carbons (Fsp3) is 0.429. The largest absolute Gasteiger partial charge is 0.416 e. The zero-order valence-electron chi connectivity index (χ0n) is 11.7. The van der Waals surface area contributed by atoms with Crippen LogP contribution in [0, 0.1) is 0 Å². The van der Waals surface area contributed by atoms with E-state index in [0.29, 0.717) is 0 Å². The number of alkyl halides is 5. The van der Waals surface area contributed by atoms with Crippen LogP contribution in [-0.2, 0) is 22.3 Å². The van der Waals surface area contributed by atoms with Crippen molar-refractivity contribution < 1.29 is 31.5 Å². The van der Waals surface area contributed by atoms with Gasteiger partial charge in [-0.2, -0.15) is 22.0 Å². The lowest BCUT2D eigenvalue weighted by atomic mass is 10.1. The number of likely N-dealkylation sites (tertiary alicyclic amines) is 1. The van der Waals surface area contributed by atoms with Crippen molar-refractivity contribution in [1.82, 2.24) is 10.2 Å². The highest BCUT2D eigenvalue weighted by Crippen LogP contribution is 2.32. The highest BCUT2D eigenvalue weighted by atomic mass is 19.4. The third kappa shape index (κ3) is 4.17. The maximum atomic E-state index is 12.9. The summed E-state index contributed by atoms with van der Waals surface area (Å²) in [4.78, 5) is 23.8. The molecule has 0 bridgehead atoms. The molecule has 4 nitrogen and oxygen atoms in total. The van der Waals surface area contributed by atoms with Crippen LogP contribution in [0.4, 0.5) is 22.0 Å². The summed E-state index contributed by atoms with van der Waals surface area (Å²) < 4.78 is 63.1. The van der Waals surface area contributed by atoms with E-state index in [1.807, 2.05) is 5.32 Å². The van der Waals surface area contributed by atoms with Crippen molar-refractivity contribution in [3.05, 3.63) is 35.4 Å². The first-order chi connectivity index (χ1) is 10.7. The van der Waals surface area contributed by atoms with Crippen molar-refractivity contribution in [1.29, 1.82) is 0 Å². The molecule has 0 spiro atoms. The van der Waals surface area contributed by atoms with E-state index in [-0.39, 0.29) is 25.1 Å². The number of hydrogen-bond acceptors (Lipinski definition) is 2. The highest BCUT2D eigenvalue weighted by molar-refractivity contribution is 5.83. The Bertz CT molecular complexity index is 603. The molecule has 126 valence electrons. The molecule has 1 heterocycles. The van der Waals surface area contributed by atoms with Crippen molar-refractivity contribution in [2.75, 3.05) is 6.54 Å². The lowest BCUT2D eigenvalue weighted by Gasteiger charge is -2.20. The number of halogens is 5. The van der Waals surface area contributed by atoms with Crippen LogP contribution in [0.1, 0.15) is 17.5 Å². The van der Waals surface area contributed by atoms with Crippen LogP contribution in [-0.4, -0.2) is 35.7 Å². The number of nitrogens with zero attached hydrogens (tertiary/aromatic N) is 1. The molecule has 2 rings (SSSR count). The average molecular weight is 336 g/mol. The van der Waals surface area contributed by atoms with Crippen molar-refractivity contribution in [2.45, 2.75) is 31.6 Å². The Kier molecular flexibility index (Phi) is 4.86. The highest BCUT2D eigenvalue weighted by Gasteiger charge is 2.36. The number of carbonyl (C=O) groups is 2. The molecule has 1 atom stereocenters. The normalized spacial score (nSPS) is 18.6. The van der Waals surface area contributed by atoms with Crippen LogP contribution in [0.5, 0.6) is 0 Å². The van der Waals surface area contributed by atoms with E-state index in [1.54, 1.807) is 0 Å². The van der Waals surface area contributed by atoms with Crippen LogP contribution in [0.2, 0.25) is 0 Å². The van der Waals surface area contributed by atoms with Crippen molar-refractivity contribution in [2.24, 2.45) is 0 Å². The Labute approximate surface area is 128 Å². The average Bonchev–Trinajstić information content (AvgIpc) is 2.78. The SMILES string of the molecule is O=C(NC1CC(=O)N(Cc2ccccc2C(F)(F)F)C1)C(F)F. The number of hydrogen-bond donors (Lipinski definition) is 1. The summed E-state index contributed by atoms with van der Waals surface area (Å²) in [5, 5.41) is 2.00. The Balaban J connectivity index is 2.07. The molecule has 0 radical (unpaired) electrons. The van der Waals surface area contributed by atoms with Gasteiger partial charge in [0.05, 0.1) is 11.6 Å². The van der Waals surface area contributed by atoms with Gasteiger partial charge in [-0.1, -0.05) is 18.2 Å². The second-order valence-corrected chi connectivity index (χ2v) is 5.14. The minimum Gasteiger partial charge on any atom is -0.346 e. The van der Waals surface area contributed by atoms with E-state index < -0.39 is 36.0 Å². The second kappa shape index (κ2) is 6.51. The summed E-state index contributed by atoms with van der Waals surface area (Å²) in [5.41, 5.74) is -0.943. The van der Waals surface area contributed by atoms with Gasteiger partial charge in [-0.05, 0) is 11.6 Å². The van der Waals surface area contributed by atoms with Gasteiger partial charge in [0.1, 0.15) is 0 Å². The summed E-state index contributed by atoms with van der Waals surface area (Å²) in [6.07, 6.45) is -7.97. The van der Waals surface area contributed by atoms with Crippen LogP contribution in [0.3, 0.4) is 0 Å². The van der Waals surface area contributed by atoms with Crippen LogP contribution >= 0.6 is 0 Å². The molecule has 1 fully saturated rings. The first-order valence-electron chi connectivity index (χ1n) is 6.70. The van der Waals surface area contributed by atoms with Crippen LogP contribution < -0.4 is 5.32 Å². The maximum Gasteiger partial charge on any atom is 0.416 e. The molecule has 1 aliphatic heterocycles. The Morgan fingerprint density at radius 1 is 1.30 bits per heavy atom. The van der Waals surface area contributed by atoms with Gasteiger partial charge in [0.15, 0.2) is 0 Å². The van der Waals surface area contributed by atoms with Gasteiger partial charge in [-0.15, -0.1) is 0 Å². The Morgan fingerprint density at radius 2 is 1.96 bits per heavy atom. The second-order valence-electron chi connectivity index (χ2n) is 5.14. The van der Waals surface area contributed by atoms with E-state index in [9.17, 15) is 31.5 Å². The van der Waals surface area contributed by atoms with E-state index >= 15 is 0 Å². The summed E-state index contributed by atoms with van der Waals surface area (Å²) in [5.74, 6) is -2.00. The first-order valence-corrected chi connectivity index (χ1v) is 6.70. The number of amides is 2. The predicted octanol–water partition coefficient (Wildman–Crippen LogP) is 2.19. The van der Waals surface area contributed by atoms with E-state index in [2.05, 4.69) is 0 Å². The number of carbonyl (C=O) groups excluding carboxylic acids is 2. The molecule has 1 aromatic carbocycles. The molecule has 23 heavy (non-hydrogen) atoms. The first kappa shape index (κ1) is 17.2. The molecule has 0 saturated carbocycles. The monoisotopic (exact) mass is 336 g/mol. The smallest absolute Gasteiger partial charge is 0.346 e. The Morgan fingerprint density at radius 3 is 2.57 bits per heavy atom. The zero-order valence-corrected chi connectivity index (χ0v) is 11.7. The lowest BCUT2D eigenvalue weighted by Crippen LogP contribution is -2.40. The molecule has 0 aliphatic carbocycles. The lowest BCUT2D eigenvalue weighted by molar-refractivity contribution is -0.139. The third-order valence-electron chi connectivity index (χ3n) is 3.44. The quantitative estimate of drug-likeness (QED) is 0.857. The summed E-state index contributed by atoms with van der Waals surface area (Å²) in [6, 6.07) is 3.99. The Hall–Kier alpha value is -2.19. The van der Waals surface area contributed by atoms with Crippen molar-refractivity contribution >= 4 is 11.8 Å². The van der Waals surface area contributed by atoms with Crippen molar-refractivity contribution in [3.63, 3.8) is 0 Å². The topological polar surface area (TPSA) is 49.4 Å². The molecule has 0 aromatic heterocycles. The number of benzene rings is 1. The van der Waals surface area contributed by atoms with E-state index in [0.717, 1.165) is 11.0 Å². The molecule has 1 aliphatic rings. The molecule has 1 N–H and O–H groups in total. The number of nitrogens with one attached hydrogen (secondary N) is 1. The molecule has 1 saturated heterocycles. The molecular weight excluding hydrogens is 323 g/mol. The zero-order chi connectivity index (χ0) is 17.2. The molecular formula is C14H13F5N2O2. The predicted molar refractivity (Wildman–Crippen MR) is 69.4 cm³/mol. The maximum absolute atomic E-state index is 12.9. The molecule has 2 amide bonds. The van der Waals surface area contributed by atoms with Gasteiger partial charge >= 0.3 is 12.6 Å². The fourth-order valence-electron chi connectivity index (χ4n) is 2.43. The van der Waals surface area contributed by atoms with E-state index in [1.165, 1.54) is 18.2 Å². The molecule has 1 unspecified atom stereocenters. The molecule has 9 heteroatoms. The van der Waals surface area contributed by atoms with Gasteiger partial charge in [-0.3, -0.25) is 9.59 Å². The molecule has 1 aromatic rings. The van der Waals surface area contributed by atoms with Gasteiger partial charge in [0.25, 0.3) is 5.91 Å². The summed E-state index contributed by atoms with van der Waals surface area (Å²) in [7, 11) is 0. The van der Waals surface area contributed by atoms with Crippen LogP contribution in [0.25, 0.3) is 0 Å². The van der Waals surface area contributed by atoms with Gasteiger partial charge in [0.2, 0.25) is 5.91 Å². The third-order valence-corrected chi connectivity index (χ3v) is 3.44. The fourth-order valence-corrected chi connectivity index (χ4v) is 2.43. The van der Waals surface area contributed by atoms with E-state index in [4.69, 9.17) is 0 Å². The summed E-state index contributed by atoms with van der Waals surface area (Å²) >= 11 is 0. The minimum atomic E-state index is -4.55. The van der Waals surface area contributed by atoms with Crippen molar-refractivity contribution in [3.8, 4) is 0 Å². The van der Waals surface area contributed by atoms with Gasteiger partial charge in [0, 0.05) is 19.5 Å².